The highest BCUT2D eigenvalue weighted by Crippen LogP contribution is 2.38. The molecule has 0 saturated heterocycles. The van der Waals surface area contributed by atoms with E-state index in [9.17, 15) is 14.7 Å². The molecule has 4 rings (SSSR count). The molecule has 0 bridgehead atoms. The van der Waals surface area contributed by atoms with Gasteiger partial charge in [0.2, 0.25) is 0 Å². The third kappa shape index (κ3) is 4.54. The lowest BCUT2D eigenvalue weighted by Crippen LogP contribution is -2.43. The van der Waals surface area contributed by atoms with Gasteiger partial charge in [0.25, 0.3) is 11.5 Å². The molecule has 0 saturated carbocycles. The van der Waals surface area contributed by atoms with E-state index in [0.717, 1.165) is 5.56 Å². The summed E-state index contributed by atoms with van der Waals surface area (Å²) in [6, 6.07) is 11.2. The number of likely N-dealkylation sites (N-methyl/N-ethyl adjacent to an activating group) is 1. The highest BCUT2D eigenvalue weighted by Gasteiger charge is 2.36. The second-order valence-corrected chi connectivity index (χ2v) is 9.27. The Bertz CT molecular complexity index is 1500. The number of rotatable bonds is 7. The molecule has 188 valence electrons. The average molecular weight is 508 g/mol. The number of fused-ring (bicyclic) bond motifs is 1. The van der Waals surface area contributed by atoms with Crippen LogP contribution in [0.2, 0.25) is 0 Å². The molecule has 0 fully saturated rings. The number of allylic oxidation sites excluding steroid dienone is 1. The van der Waals surface area contributed by atoms with E-state index in [0.29, 0.717) is 50.8 Å². The molecule has 0 aliphatic carbocycles. The third-order valence-corrected chi connectivity index (χ3v) is 7.21. The Morgan fingerprint density at radius 1 is 1.14 bits per heavy atom. The van der Waals surface area contributed by atoms with Crippen LogP contribution in [0.1, 0.15) is 37.9 Å². The largest absolute Gasteiger partial charge is 0.508 e. The van der Waals surface area contributed by atoms with Gasteiger partial charge in [0, 0.05) is 18.7 Å². The van der Waals surface area contributed by atoms with Gasteiger partial charge in [-0.3, -0.25) is 14.2 Å². The van der Waals surface area contributed by atoms with Gasteiger partial charge in [-0.25, -0.2) is 4.99 Å². The number of aromatic nitrogens is 1. The van der Waals surface area contributed by atoms with E-state index >= 15 is 0 Å². The lowest BCUT2D eigenvalue weighted by molar-refractivity contribution is -0.127. The molecule has 36 heavy (non-hydrogen) atoms. The Labute approximate surface area is 213 Å². The molecular weight excluding hydrogens is 478 g/mol. The van der Waals surface area contributed by atoms with Crippen LogP contribution in [0.4, 0.5) is 0 Å². The maximum absolute atomic E-state index is 13.8. The smallest absolute Gasteiger partial charge is 0.271 e. The molecule has 2 aromatic carbocycles. The van der Waals surface area contributed by atoms with E-state index in [1.807, 2.05) is 13.8 Å². The zero-order valence-corrected chi connectivity index (χ0v) is 21.8. The number of hydrogen-bond donors (Lipinski definition) is 1. The molecule has 1 aliphatic rings. The Morgan fingerprint density at radius 3 is 2.44 bits per heavy atom. The average Bonchev–Trinajstić information content (AvgIpc) is 3.18. The van der Waals surface area contributed by atoms with Gasteiger partial charge in [-0.05, 0) is 62.7 Å². The van der Waals surface area contributed by atoms with E-state index in [-0.39, 0.29) is 17.2 Å². The fourth-order valence-electron chi connectivity index (χ4n) is 4.35. The first-order chi connectivity index (χ1) is 17.3. The molecule has 0 radical (unpaired) electrons. The number of phenolic OH excluding ortho intramolecular Hbond substituents is 1. The van der Waals surface area contributed by atoms with Crippen LogP contribution < -0.4 is 24.4 Å². The summed E-state index contributed by atoms with van der Waals surface area (Å²) in [6.45, 7) is 6.70. The number of carbonyl (C=O) groups is 1. The lowest BCUT2D eigenvalue weighted by atomic mass is 9.93. The SMILES string of the molecule is CCN(CC)C(=O)C1=C(C)N=c2s/c(=C/c3ccc(O)cc3)c(=O)n2[C@@H]1c1cc(OC)ccc1OC. The monoisotopic (exact) mass is 507 g/mol. The quantitative estimate of drug-likeness (QED) is 0.531. The number of ether oxygens (including phenoxy) is 2. The van der Waals surface area contributed by atoms with E-state index in [1.54, 1.807) is 79.2 Å². The van der Waals surface area contributed by atoms with Crippen LogP contribution >= 0.6 is 11.3 Å². The van der Waals surface area contributed by atoms with Crippen molar-refractivity contribution in [2.24, 2.45) is 4.99 Å². The molecule has 3 aromatic rings. The first-order valence-corrected chi connectivity index (χ1v) is 12.5. The highest BCUT2D eigenvalue weighted by molar-refractivity contribution is 7.07. The van der Waals surface area contributed by atoms with Crippen molar-refractivity contribution in [2.45, 2.75) is 26.8 Å². The molecule has 1 N–H and O–H groups in total. The van der Waals surface area contributed by atoms with E-state index < -0.39 is 6.04 Å². The van der Waals surface area contributed by atoms with E-state index in [2.05, 4.69) is 0 Å². The Hall–Kier alpha value is -3.85. The number of benzene rings is 2. The Morgan fingerprint density at radius 2 is 1.83 bits per heavy atom. The van der Waals surface area contributed by atoms with Crippen LogP contribution in [0, 0.1) is 0 Å². The second kappa shape index (κ2) is 10.4. The summed E-state index contributed by atoms with van der Waals surface area (Å²) in [6.07, 6.45) is 1.76. The zero-order valence-electron chi connectivity index (χ0n) is 20.9. The molecule has 1 aliphatic heterocycles. The van der Waals surface area contributed by atoms with Gasteiger partial charge in [-0.2, -0.15) is 0 Å². The van der Waals surface area contributed by atoms with Crippen molar-refractivity contribution < 1.29 is 19.4 Å². The minimum Gasteiger partial charge on any atom is -0.508 e. The van der Waals surface area contributed by atoms with Crippen LogP contribution in [-0.2, 0) is 4.79 Å². The van der Waals surface area contributed by atoms with E-state index in [1.165, 1.54) is 11.3 Å². The third-order valence-electron chi connectivity index (χ3n) is 6.23. The molecule has 9 heteroatoms. The summed E-state index contributed by atoms with van der Waals surface area (Å²) < 4.78 is 13.2. The summed E-state index contributed by atoms with van der Waals surface area (Å²) in [4.78, 5) is 34.5. The molecule has 1 atom stereocenters. The summed E-state index contributed by atoms with van der Waals surface area (Å²) in [5.41, 5.74) is 2.12. The first-order valence-electron chi connectivity index (χ1n) is 11.7. The highest BCUT2D eigenvalue weighted by atomic mass is 32.1. The van der Waals surface area contributed by atoms with Gasteiger partial charge >= 0.3 is 0 Å². The minimum atomic E-state index is -0.749. The maximum atomic E-state index is 13.8. The maximum Gasteiger partial charge on any atom is 0.271 e. The molecule has 0 unspecified atom stereocenters. The Kier molecular flexibility index (Phi) is 7.30. The van der Waals surface area contributed by atoms with Gasteiger partial charge in [0.15, 0.2) is 4.80 Å². The van der Waals surface area contributed by atoms with Gasteiger partial charge in [-0.15, -0.1) is 0 Å². The standard InChI is InChI=1S/C27H29N3O5S/c1-6-29(7-2)26(33)23-16(3)28-27-30(24(23)20-15-19(34-4)12-13-21(20)35-5)25(32)22(36-27)14-17-8-10-18(31)11-9-17/h8-15,24,31H,6-7H2,1-5H3/b22-14+/t24-/m1/s1. The van der Waals surface area contributed by atoms with Crippen molar-refractivity contribution in [1.29, 1.82) is 0 Å². The normalized spacial score (nSPS) is 15.4. The van der Waals surface area contributed by atoms with Crippen molar-refractivity contribution in [3.05, 3.63) is 84.5 Å². The second-order valence-electron chi connectivity index (χ2n) is 8.26. The summed E-state index contributed by atoms with van der Waals surface area (Å²) >= 11 is 1.25. The van der Waals surface area contributed by atoms with Crippen molar-refractivity contribution in [3.8, 4) is 17.2 Å². The molecule has 0 spiro atoms. The molecule has 1 aromatic heterocycles. The minimum absolute atomic E-state index is 0.147. The lowest BCUT2D eigenvalue weighted by Gasteiger charge is -2.30. The first kappa shape index (κ1) is 25.2. The number of amides is 1. The summed E-state index contributed by atoms with van der Waals surface area (Å²) in [5, 5.41) is 9.60. The van der Waals surface area contributed by atoms with Crippen LogP contribution in [0.15, 0.2) is 63.5 Å². The van der Waals surface area contributed by atoms with Crippen molar-refractivity contribution in [2.75, 3.05) is 27.3 Å². The Balaban J connectivity index is 2.02. The fraction of sp³-hybridized carbons (Fsp3) is 0.296. The molecule has 8 nitrogen and oxygen atoms in total. The fourth-order valence-corrected chi connectivity index (χ4v) is 5.39. The van der Waals surface area contributed by atoms with Gasteiger partial charge in [0.1, 0.15) is 23.3 Å². The zero-order chi connectivity index (χ0) is 26.0. The van der Waals surface area contributed by atoms with Gasteiger partial charge in [-0.1, -0.05) is 23.5 Å². The number of thiazole rings is 1. The number of aromatic hydroxyl groups is 1. The predicted molar refractivity (Wildman–Crippen MR) is 139 cm³/mol. The van der Waals surface area contributed by atoms with E-state index in [4.69, 9.17) is 14.5 Å². The number of nitrogens with zero attached hydrogens (tertiary/aromatic N) is 3. The van der Waals surface area contributed by atoms with Crippen LogP contribution in [-0.4, -0.2) is 47.8 Å². The molecule has 2 heterocycles. The number of carbonyl (C=O) groups excluding carboxylic acids is 1. The van der Waals surface area contributed by atoms with Crippen molar-refractivity contribution >= 4 is 23.3 Å². The number of hydrogen-bond acceptors (Lipinski definition) is 7. The molecular formula is C27H29N3O5S. The van der Waals surface area contributed by atoms with Crippen molar-refractivity contribution in [1.82, 2.24) is 9.47 Å². The van der Waals surface area contributed by atoms with Crippen LogP contribution in [0.25, 0.3) is 6.08 Å². The van der Waals surface area contributed by atoms with Crippen LogP contribution in [0.3, 0.4) is 0 Å². The van der Waals surface area contributed by atoms with Crippen molar-refractivity contribution in [3.63, 3.8) is 0 Å². The summed E-state index contributed by atoms with van der Waals surface area (Å²) in [5.74, 6) is 1.09. The van der Waals surface area contributed by atoms with Gasteiger partial charge in [0.05, 0.1) is 30.0 Å². The number of methoxy groups -OCH3 is 2. The predicted octanol–water partition coefficient (Wildman–Crippen LogP) is 2.83. The van der Waals surface area contributed by atoms with Crippen LogP contribution in [0.5, 0.6) is 17.2 Å². The molecule has 1 amide bonds. The van der Waals surface area contributed by atoms with Gasteiger partial charge < -0.3 is 19.5 Å². The number of phenols is 1. The summed E-state index contributed by atoms with van der Waals surface area (Å²) in [7, 11) is 3.13. The topological polar surface area (TPSA) is 93.4 Å².